The lowest BCUT2D eigenvalue weighted by Crippen LogP contribution is -2.33. The van der Waals surface area contributed by atoms with Gasteiger partial charge in [0.2, 0.25) is 0 Å². The maximum Gasteiger partial charge on any atom is 0.419 e. The molecule has 0 spiro atoms. The first-order valence-corrected chi connectivity index (χ1v) is 6.67. The van der Waals surface area contributed by atoms with Crippen molar-refractivity contribution in [2.45, 2.75) is 46.3 Å². The van der Waals surface area contributed by atoms with E-state index in [1.165, 1.54) is 6.07 Å². The molecular formula is C15H21F4N. The van der Waals surface area contributed by atoms with Crippen LogP contribution in [0, 0.1) is 11.2 Å². The van der Waals surface area contributed by atoms with Crippen LogP contribution in [-0.2, 0) is 6.18 Å². The molecule has 0 saturated carbocycles. The Kier molecular flexibility index (Phi) is 5.19. The Morgan fingerprint density at radius 1 is 1.15 bits per heavy atom. The van der Waals surface area contributed by atoms with Gasteiger partial charge in [-0.15, -0.1) is 0 Å². The SMILES string of the molecule is CCCNC(c1ccc(F)c(C(F)(F)F)c1)C(C)(C)C. The van der Waals surface area contributed by atoms with Crippen molar-refractivity contribution in [1.29, 1.82) is 0 Å². The van der Waals surface area contributed by atoms with Crippen LogP contribution in [-0.4, -0.2) is 6.54 Å². The summed E-state index contributed by atoms with van der Waals surface area (Å²) < 4.78 is 51.7. The third kappa shape index (κ3) is 4.20. The monoisotopic (exact) mass is 291 g/mol. The summed E-state index contributed by atoms with van der Waals surface area (Å²) in [6.07, 6.45) is -3.80. The lowest BCUT2D eigenvalue weighted by Gasteiger charge is -2.32. The quantitative estimate of drug-likeness (QED) is 0.775. The van der Waals surface area contributed by atoms with E-state index < -0.39 is 17.6 Å². The van der Waals surface area contributed by atoms with E-state index in [1.807, 2.05) is 27.7 Å². The van der Waals surface area contributed by atoms with Crippen molar-refractivity contribution in [3.63, 3.8) is 0 Å². The number of hydrogen-bond donors (Lipinski definition) is 1. The van der Waals surface area contributed by atoms with Gasteiger partial charge < -0.3 is 5.32 Å². The fraction of sp³-hybridized carbons (Fsp3) is 0.600. The predicted octanol–water partition coefficient (Wildman–Crippen LogP) is 4.93. The van der Waals surface area contributed by atoms with E-state index in [1.54, 1.807) is 0 Å². The van der Waals surface area contributed by atoms with Crippen LogP contribution in [0.2, 0.25) is 0 Å². The first kappa shape index (κ1) is 17.0. The summed E-state index contributed by atoms with van der Waals surface area (Å²) in [6.45, 7) is 8.50. The summed E-state index contributed by atoms with van der Waals surface area (Å²) >= 11 is 0. The van der Waals surface area contributed by atoms with Crippen LogP contribution in [0.3, 0.4) is 0 Å². The summed E-state index contributed by atoms with van der Waals surface area (Å²) in [5.74, 6) is -1.23. The number of rotatable bonds is 4. The van der Waals surface area contributed by atoms with E-state index >= 15 is 0 Å². The highest BCUT2D eigenvalue weighted by Gasteiger charge is 2.35. The molecule has 0 amide bonds. The molecule has 0 aliphatic rings. The van der Waals surface area contributed by atoms with E-state index in [4.69, 9.17) is 0 Å². The van der Waals surface area contributed by atoms with Gasteiger partial charge in [0.25, 0.3) is 0 Å². The smallest absolute Gasteiger partial charge is 0.309 e. The Labute approximate surface area is 117 Å². The first-order chi connectivity index (χ1) is 9.07. The van der Waals surface area contributed by atoms with Gasteiger partial charge in [0, 0.05) is 6.04 Å². The van der Waals surface area contributed by atoms with Crippen LogP contribution in [0.15, 0.2) is 18.2 Å². The third-order valence-corrected chi connectivity index (χ3v) is 3.09. The molecule has 1 rings (SSSR count). The molecule has 1 N–H and O–H groups in total. The molecule has 0 saturated heterocycles. The van der Waals surface area contributed by atoms with Crippen molar-refractivity contribution in [1.82, 2.24) is 5.32 Å². The molecule has 0 radical (unpaired) electrons. The van der Waals surface area contributed by atoms with Crippen molar-refractivity contribution >= 4 is 0 Å². The van der Waals surface area contributed by atoms with Crippen LogP contribution >= 0.6 is 0 Å². The zero-order valence-corrected chi connectivity index (χ0v) is 12.2. The van der Waals surface area contributed by atoms with Gasteiger partial charge in [0.15, 0.2) is 0 Å². The minimum atomic E-state index is -4.67. The standard InChI is InChI=1S/C15H21F4N/c1-5-8-20-13(14(2,3)4)10-6-7-12(16)11(9-10)15(17,18)19/h6-7,9,13,20H,5,8H2,1-4H3. The number of halogens is 4. The van der Waals surface area contributed by atoms with Crippen LogP contribution in [0.1, 0.15) is 51.3 Å². The molecule has 0 aliphatic carbocycles. The van der Waals surface area contributed by atoms with Gasteiger partial charge in [-0.2, -0.15) is 13.2 Å². The minimum Gasteiger partial charge on any atom is -0.309 e. The second-order valence-electron chi connectivity index (χ2n) is 5.99. The van der Waals surface area contributed by atoms with Gasteiger partial charge in [-0.3, -0.25) is 0 Å². The molecule has 0 bridgehead atoms. The molecule has 1 unspecified atom stereocenters. The van der Waals surface area contributed by atoms with Gasteiger partial charge in [-0.05, 0) is 36.1 Å². The van der Waals surface area contributed by atoms with E-state index in [-0.39, 0.29) is 11.5 Å². The summed E-state index contributed by atoms with van der Waals surface area (Å²) in [5, 5.41) is 3.23. The van der Waals surface area contributed by atoms with Gasteiger partial charge >= 0.3 is 6.18 Å². The van der Waals surface area contributed by atoms with Gasteiger partial charge in [-0.25, -0.2) is 4.39 Å². The molecule has 0 heterocycles. The molecule has 0 aliphatic heterocycles. The van der Waals surface area contributed by atoms with Crippen molar-refractivity contribution in [3.8, 4) is 0 Å². The summed E-state index contributed by atoms with van der Waals surface area (Å²) in [6, 6.07) is 2.96. The maximum atomic E-state index is 13.3. The highest BCUT2D eigenvalue weighted by Crippen LogP contribution is 2.37. The molecular weight excluding hydrogens is 270 g/mol. The average molecular weight is 291 g/mol. The molecule has 1 aromatic carbocycles. The molecule has 0 fully saturated rings. The lowest BCUT2D eigenvalue weighted by molar-refractivity contribution is -0.140. The molecule has 1 aromatic rings. The minimum absolute atomic E-state index is 0.260. The third-order valence-electron chi connectivity index (χ3n) is 3.09. The number of nitrogens with one attached hydrogen (secondary N) is 1. The molecule has 1 nitrogen and oxygen atoms in total. The summed E-state index contributed by atoms with van der Waals surface area (Å²) in [4.78, 5) is 0. The Morgan fingerprint density at radius 3 is 2.20 bits per heavy atom. The number of benzene rings is 1. The summed E-state index contributed by atoms with van der Waals surface area (Å²) in [5.41, 5.74) is -1.02. The van der Waals surface area contributed by atoms with Crippen molar-refractivity contribution < 1.29 is 17.6 Å². The number of alkyl halides is 3. The molecule has 114 valence electrons. The first-order valence-electron chi connectivity index (χ1n) is 6.67. The zero-order chi connectivity index (χ0) is 15.6. The van der Waals surface area contributed by atoms with Crippen LogP contribution < -0.4 is 5.32 Å². The van der Waals surface area contributed by atoms with E-state index in [0.717, 1.165) is 18.6 Å². The lowest BCUT2D eigenvalue weighted by atomic mass is 9.82. The van der Waals surface area contributed by atoms with Crippen molar-refractivity contribution in [3.05, 3.63) is 35.1 Å². The zero-order valence-electron chi connectivity index (χ0n) is 12.2. The van der Waals surface area contributed by atoms with Gasteiger partial charge in [0.1, 0.15) is 5.82 Å². The average Bonchev–Trinajstić information content (AvgIpc) is 2.28. The second-order valence-corrected chi connectivity index (χ2v) is 5.99. The fourth-order valence-corrected chi connectivity index (χ4v) is 2.15. The van der Waals surface area contributed by atoms with Crippen molar-refractivity contribution in [2.24, 2.45) is 5.41 Å². The topological polar surface area (TPSA) is 12.0 Å². The van der Waals surface area contributed by atoms with E-state index in [2.05, 4.69) is 5.32 Å². The van der Waals surface area contributed by atoms with Crippen LogP contribution in [0.25, 0.3) is 0 Å². The summed E-state index contributed by atoms with van der Waals surface area (Å²) in [7, 11) is 0. The Hall–Kier alpha value is -1.10. The molecule has 5 heteroatoms. The Balaban J connectivity index is 3.21. The highest BCUT2D eigenvalue weighted by molar-refractivity contribution is 5.30. The molecule has 1 atom stereocenters. The Morgan fingerprint density at radius 2 is 1.75 bits per heavy atom. The predicted molar refractivity (Wildman–Crippen MR) is 71.9 cm³/mol. The van der Waals surface area contributed by atoms with Crippen LogP contribution in [0.5, 0.6) is 0 Å². The van der Waals surface area contributed by atoms with Crippen molar-refractivity contribution in [2.75, 3.05) is 6.54 Å². The van der Waals surface area contributed by atoms with E-state index in [9.17, 15) is 17.6 Å². The fourth-order valence-electron chi connectivity index (χ4n) is 2.15. The molecule has 20 heavy (non-hydrogen) atoms. The second kappa shape index (κ2) is 6.12. The maximum absolute atomic E-state index is 13.3. The molecule has 0 aromatic heterocycles. The van der Waals surface area contributed by atoms with Gasteiger partial charge in [0.05, 0.1) is 5.56 Å². The normalized spacial score (nSPS) is 14.4. The van der Waals surface area contributed by atoms with E-state index in [0.29, 0.717) is 12.1 Å². The highest BCUT2D eigenvalue weighted by atomic mass is 19.4. The van der Waals surface area contributed by atoms with Crippen LogP contribution in [0.4, 0.5) is 17.6 Å². The number of hydrogen-bond acceptors (Lipinski definition) is 1. The Bertz CT molecular complexity index is 446. The van der Waals surface area contributed by atoms with Gasteiger partial charge in [-0.1, -0.05) is 33.8 Å². The largest absolute Gasteiger partial charge is 0.419 e.